The molecule has 4 heteroatoms. The lowest BCUT2D eigenvalue weighted by molar-refractivity contribution is -0.114. The quantitative estimate of drug-likeness (QED) is 0.798. The summed E-state index contributed by atoms with van der Waals surface area (Å²) in [6.07, 6.45) is 1.03. The van der Waals surface area contributed by atoms with Gasteiger partial charge in [-0.15, -0.1) is 0 Å². The number of likely N-dealkylation sites (N-methyl/N-ethyl adjacent to an activating group) is 1. The van der Waals surface area contributed by atoms with E-state index in [0.717, 1.165) is 30.8 Å². The lowest BCUT2D eigenvalue weighted by atomic mass is 9.91. The number of hydrogen-bond acceptors (Lipinski definition) is 3. The van der Waals surface area contributed by atoms with Gasteiger partial charge in [-0.05, 0) is 37.4 Å². The van der Waals surface area contributed by atoms with Gasteiger partial charge < -0.3 is 10.2 Å². The molecule has 1 aromatic carbocycles. The molecule has 0 bridgehead atoms. The van der Waals surface area contributed by atoms with Crippen LogP contribution in [-0.2, 0) is 4.79 Å². The summed E-state index contributed by atoms with van der Waals surface area (Å²) in [6.45, 7) is 4.31. The number of rotatable bonds is 2. The van der Waals surface area contributed by atoms with E-state index in [1.165, 1.54) is 0 Å². The minimum atomic E-state index is -0.383. The zero-order chi connectivity index (χ0) is 12.7. The van der Waals surface area contributed by atoms with Gasteiger partial charge in [0.25, 0.3) is 11.7 Å². The van der Waals surface area contributed by atoms with Crippen molar-refractivity contribution in [3.8, 4) is 0 Å². The van der Waals surface area contributed by atoms with Crippen LogP contribution in [0.2, 0.25) is 0 Å². The van der Waals surface area contributed by atoms with Gasteiger partial charge in [0.15, 0.2) is 0 Å². The topological polar surface area (TPSA) is 49.4 Å². The molecular weight excluding hydrogens is 228 g/mol. The van der Waals surface area contributed by atoms with Crippen LogP contribution in [0.4, 0.5) is 5.69 Å². The Hall–Kier alpha value is -1.68. The maximum absolute atomic E-state index is 12.1. The predicted molar refractivity (Wildman–Crippen MR) is 69.0 cm³/mol. The van der Waals surface area contributed by atoms with Crippen LogP contribution in [0, 0.1) is 0 Å². The van der Waals surface area contributed by atoms with Crippen molar-refractivity contribution in [1.29, 1.82) is 0 Å². The first-order valence-electron chi connectivity index (χ1n) is 6.44. The summed E-state index contributed by atoms with van der Waals surface area (Å²) < 4.78 is 0. The fourth-order valence-electron chi connectivity index (χ4n) is 2.94. The third kappa shape index (κ3) is 1.49. The number of nitrogens with zero attached hydrogens (tertiary/aromatic N) is 1. The first kappa shape index (κ1) is 11.4. The Kier molecular flexibility index (Phi) is 2.67. The van der Waals surface area contributed by atoms with Crippen LogP contribution in [0.25, 0.3) is 0 Å². The number of hydrogen-bond donors (Lipinski definition) is 1. The third-order valence-electron chi connectivity index (χ3n) is 3.85. The highest BCUT2D eigenvalue weighted by Gasteiger charge is 2.38. The van der Waals surface area contributed by atoms with E-state index in [9.17, 15) is 9.59 Å². The zero-order valence-corrected chi connectivity index (χ0v) is 10.4. The number of Topliss-reactive ketones (excluding diaryl/α,β-unsaturated/α-hetero) is 1. The van der Waals surface area contributed by atoms with E-state index in [4.69, 9.17) is 0 Å². The number of carbonyl (C=O) groups is 2. The summed E-state index contributed by atoms with van der Waals surface area (Å²) in [5.74, 6) is -0.367. The minimum absolute atomic E-state index is 0.339. The summed E-state index contributed by atoms with van der Waals surface area (Å²) in [7, 11) is 0. The van der Waals surface area contributed by atoms with Gasteiger partial charge in [-0.2, -0.15) is 0 Å². The van der Waals surface area contributed by atoms with Crippen molar-refractivity contribution in [2.75, 3.05) is 24.5 Å². The summed E-state index contributed by atoms with van der Waals surface area (Å²) in [5.41, 5.74) is 2.46. The number of fused-ring (bicyclic) bond motifs is 1. The maximum Gasteiger partial charge on any atom is 0.299 e. The number of anilines is 1. The molecule has 1 N–H and O–H groups in total. The van der Waals surface area contributed by atoms with E-state index in [1.807, 2.05) is 25.1 Å². The number of amides is 1. The molecule has 2 heterocycles. The van der Waals surface area contributed by atoms with E-state index in [2.05, 4.69) is 5.32 Å². The Morgan fingerprint density at radius 2 is 2.22 bits per heavy atom. The summed E-state index contributed by atoms with van der Waals surface area (Å²) in [5, 5.41) is 3.30. The SMILES string of the molecule is CCN1C(=O)C(=O)c2c(C3CCNC3)cccc21. The van der Waals surface area contributed by atoms with Crippen LogP contribution in [0.5, 0.6) is 0 Å². The molecule has 0 aliphatic carbocycles. The molecule has 0 saturated carbocycles. The number of benzene rings is 1. The second-order valence-corrected chi connectivity index (χ2v) is 4.81. The summed E-state index contributed by atoms with van der Waals surface area (Å²) >= 11 is 0. The van der Waals surface area contributed by atoms with Gasteiger partial charge in [0.2, 0.25) is 0 Å². The van der Waals surface area contributed by atoms with E-state index in [1.54, 1.807) is 4.90 Å². The molecule has 0 spiro atoms. The molecule has 0 radical (unpaired) electrons. The second-order valence-electron chi connectivity index (χ2n) is 4.81. The van der Waals surface area contributed by atoms with Gasteiger partial charge >= 0.3 is 0 Å². The lowest BCUT2D eigenvalue weighted by Gasteiger charge is -2.16. The van der Waals surface area contributed by atoms with Gasteiger partial charge in [-0.25, -0.2) is 0 Å². The van der Waals surface area contributed by atoms with Crippen molar-refractivity contribution < 1.29 is 9.59 Å². The Morgan fingerprint density at radius 1 is 1.39 bits per heavy atom. The van der Waals surface area contributed by atoms with Crippen molar-refractivity contribution in [2.24, 2.45) is 0 Å². The largest absolute Gasteiger partial charge is 0.316 e. The second kappa shape index (κ2) is 4.21. The molecule has 1 unspecified atom stereocenters. The normalized spacial score (nSPS) is 22.7. The van der Waals surface area contributed by atoms with Crippen molar-refractivity contribution in [3.63, 3.8) is 0 Å². The summed E-state index contributed by atoms with van der Waals surface area (Å²) in [4.78, 5) is 25.6. The van der Waals surface area contributed by atoms with Crippen LogP contribution >= 0.6 is 0 Å². The minimum Gasteiger partial charge on any atom is -0.316 e. The number of ketones is 1. The number of nitrogens with one attached hydrogen (secondary N) is 1. The highest BCUT2D eigenvalue weighted by molar-refractivity contribution is 6.52. The molecule has 2 aliphatic rings. The average molecular weight is 244 g/mol. The van der Waals surface area contributed by atoms with Gasteiger partial charge in [0, 0.05) is 13.1 Å². The van der Waals surface area contributed by atoms with Gasteiger partial charge in [-0.1, -0.05) is 12.1 Å². The van der Waals surface area contributed by atoms with E-state index < -0.39 is 0 Å². The predicted octanol–water partition coefficient (Wildman–Crippen LogP) is 1.31. The van der Waals surface area contributed by atoms with Crippen molar-refractivity contribution in [2.45, 2.75) is 19.3 Å². The first-order valence-corrected chi connectivity index (χ1v) is 6.44. The van der Waals surface area contributed by atoms with Gasteiger partial charge in [0.05, 0.1) is 11.3 Å². The highest BCUT2D eigenvalue weighted by Crippen LogP contribution is 2.36. The Morgan fingerprint density at radius 3 is 2.89 bits per heavy atom. The average Bonchev–Trinajstić information content (AvgIpc) is 2.98. The molecule has 1 atom stereocenters. The van der Waals surface area contributed by atoms with Crippen LogP contribution in [0.1, 0.15) is 35.2 Å². The Bertz CT molecular complexity index is 519. The fourth-order valence-corrected chi connectivity index (χ4v) is 2.94. The van der Waals surface area contributed by atoms with E-state index in [0.29, 0.717) is 18.0 Å². The molecule has 1 amide bonds. The van der Waals surface area contributed by atoms with E-state index in [-0.39, 0.29) is 11.7 Å². The van der Waals surface area contributed by atoms with Crippen LogP contribution < -0.4 is 10.2 Å². The lowest BCUT2D eigenvalue weighted by Crippen LogP contribution is -2.29. The van der Waals surface area contributed by atoms with Crippen molar-refractivity contribution in [3.05, 3.63) is 29.3 Å². The maximum atomic E-state index is 12.1. The first-order chi connectivity index (χ1) is 8.74. The zero-order valence-electron chi connectivity index (χ0n) is 10.4. The molecule has 1 fully saturated rings. The fraction of sp³-hybridized carbons (Fsp3) is 0.429. The van der Waals surface area contributed by atoms with Gasteiger partial charge in [0.1, 0.15) is 0 Å². The highest BCUT2D eigenvalue weighted by atomic mass is 16.2. The van der Waals surface area contributed by atoms with E-state index >= 15 is 0 Å². The molecule has 4 nitrogen and oxygen atoms in total. The molecule has 18 heavy (non-hydrogen) atoms. The standard InChI is InChI=1S/C14H16N2O2/c1-2-16-11-5-3-4-10(9-6-7-15-8-9)12(11)13(17)14(16)18/h3-5,9,15H,2,6-8H2,1H3. The Balaban J connectivity index is 2.12. The summed E-state index contributed by atoms with van der Waals surface area (Å²) in [6, 6.07) is 5.80. The molecular formula is C14H16N2O2. The van der Waals surface area contributed by atoms with Gasteiger partial charge in [-0.3, -0.25) is 9.59 Å². The molecule has 1 saturated heterocycles. The molecule has 3 rings (SSSR count). The van der Waals surface area contributed by atoms with Crippen LogP contribution in [0.3, 0.4) is 0 Å². The van der Waals surface area contributed by atoms with Crippen LogP contribution in [-0.4, -0.2) is 31.3 Å². The number of carbonyl (C=O) groups excluding carboxylic acids is 2. The monoisotopic (exact) mass is 244 g/mol. The van der Waals surface area contributed by atoms with Crippen LogP contribution in [0.15, 0.2) is 18.2 Å². The Labute approximate surface area is 106 Å². The third-order valence-corrected chi connectivity index (χ3v) is 3.85. The molecule has 0 aromatic heterocycles. The molecule has 1 aromatic rings. The smallest absolute Gasteiger partial charge is 0.299 e. The van der Waals surface area contributed by atoms with Crippen molar-refractivity contribution >= 4 is 17.4 Å². The molecule has 94 valence electrons. The van der Waals surface area contributed by atoms with Crippen molar-refractivity contribution in [1.82, 2.24) is 5.32 Å². The molecule has 2 aliphatic heterocycles.